The van der Waals surface area contributed by atoms with E-state index in [1.54, 1.807) is 13.8 Å². The van der Waals surface area contributed by atoms with E-state index in [4.69, 9.17) is 5.11 Å². The first-order valence-electron chi connectivity index (χ1n) is 3.97. The third kappa shape index (κ3) is 7.77. The van der Waals surface area contributed by atoms with Gasteiger partial charge in [-0.15, -0.1) is 0 Å². The lowest BCUT2D eigenvalue weighted by molar-refractivity contribution is -0.140. The third-order valence-electron chi connectivity index (χ3n) is 1.23. The molecule has 1 aromatic carbocycles. The summed E-state index contributed by atoms with van der Waals surface area (Å²) in [7, 11) is 0. The van der Waals surface area contributed by atoms with E-state index >= 15 is 0 Å². The van der Waals surface area contributed by atoms with Gasteiger partial charge in [0.25, 0.3) is 0 Å². The van der Waals surface area contributed by atoms with Crippen molar-refractivity contribution in [3.63, 3.8) is 0 Å². The van der Waals surface area contributed by atoms with Gasteiger partial charge >= 0.3 is 5.97 Å². The van der Waals surface area contributed by atoms with Crippen molar-refractivity contribution in [1.29, 1.82) is 0 Å². The molecule has 0 unspecified atom stereocenters. The number of aliphatic carboxylic acids is 1. The van der Waals surface area contributed by atoms with Crippen molar-refractivity contribution >= 4 is 28.6 Å². The summed E-state index contributed by atoms with van der Waals surface area (Å²) >= 11 is 2.28. The molecule has 0 aromatic heterocycles. The van der Waals surface area contributed by atoms with E-state index < -0.39 is 5.97 Å². The SMILES string of the molecule is CC(C)C(=O)O.Ic1ccccc1. The lowest BCUT2D eigenvalue weighted by atomic mass is 10.2. The highest BCUT2D eigenvalue weighted by molar-refractivity contribution is 14.1. The Morgan fingerprint density at radius 2 is 1.69 bits per heavy atom. The number of carbonyl (C=O) groups is 1. The first-order valence-corrected chi connectivity index (χ1v) is 5.05. The Bertz CT molecular complexity index is 244. The van der Waals surface area contributed by atoms with Crippen LogP contribution in [0.5, 0.6) is 0 Å². The van der Waals surface area contributed by atoms with Crippen LogP contribution in [0, 0.1) is 9.49 Å². The zero-order valence-corrected chi connectivity index (χ0v) is 9.86. The average molecular weight is 292 g/mol. The summed E-state index contributed by atoms with van der Waals surface area (Å²) in [5.74, 6) is -0.972. The number of carboxylic acid groups (broad SMARTS) is 1. The highest BCUT2D eigenvalue weighted by atomic mass is 127. The molecule has 1 N–H and O–H groups in total. The van der Waals surface area contributed by atoms with Gasteiger partial charge in [0, 0.05) is 3.57 Å². The Kier molecular flexibility index (Phi) is 6.58. The molecule has 0 aliphatic carbocycles. The minimum atomic E-state index is -0.741. The summed E-state index contributed by atoms with van der Waals surface area (Å²) in [6.07, 6.45) is 0. The molecule has 2 nitrogen and oxygen atoms in total. The van der Waals surface area contributed by atoms with Gasteiger partial charge in [-0.3, -0.25) is 4.79 Å². The Hall–Kier alpha value is -0.580. The van der Waals surface area contributed by atoms with E-state index in [1.807, 2.05) is 18.2 Å². The monoisotopic (exact) mass is 292 g/mol. The Labute approximate surface area is 92.1 Å². The molecule has 0 saturated carbocycles. The van der Waals surface area contributed by atoms with Gasteiger partial charge < -0.3 is 5.11 Å². The maximum absolute atomic E-state index is 9.70. The number of halogens is 1. The van der Waals surface area contributed by atoms with E-state index in [0.717, 1.165) is 0 Å². The minimum Gasteiger partial charge on any atom is -0.481 e. The highest BCUT2D eigenvalue weighted by Gasteiger charge is 1.99. The predicted octanol–water partition coefficient (Wildman–Crippen LogP) is 3.02. The molecule has 0 heterocycles. The highest BCUT2D eigenvalue weighted by Crippen LogP contribution is 1.99. The van der Waals surface area contributed by atoms with Crippen LogP contribution in [0.2, 0.25) is 0 Å². The Morgan fingerprint density at radius 3 is 1.85 bits per heavy atom. The van der Waals surface area contributed by atoms with Gasteiger partial charge in [-0.05, 0) is 34.7 Å². The second kappa shape index (κ2) is 6.88. The fourth-order valence-corrected chi connectivity index (χ4v) is 0.830. The van der Waals surface area contributed by atoms with Crippen LogP contribution in [0.25, 0.3) is 0 Å². The van der Waals surface area contributed by atoms with Crippen molar-refractivity contribution in [2.45, 2.75) is 13.8 Å². The summed E-state index contributed by atoms with van der Waals surface area (Å²) in [5.41, 5.74) is 0. The molecule has 0 aliphatic rings. The molecule has 13 heavy (non-hydrogen) atoms. The lowest BCUT2D eigenvalue weighted by Gasteiger charge is -1.89. The Morgan fingerprint density at radius 1 is 1.31 bits per heavy atom. The van der Waals surface area contributed by atoms with Gasteiger partial charge in [0.15, 0.2) is 0 Å². The lowest BCUT2D eigenvalue weighted by Crippen LogP contribution is -2.03. The van der Waals surface area contributed by atoms with Crippen LogP contribution in [0.1, 0.15) is 13.8 Å². The number of hydrogen-bond donors (Lipinski definition) is 1. The molecule has 72 valence electrons. The van der Waals surface area contributed by atoms with Crippen LogP contribution in [-0.2, 0) is 4.79 Å². The molecule has 0 atom stereocenters. The van der Waals surface area contributed by atoms with E-state index in [1.165, 1.54) is 3.57 Å². The smallest absolute Gasteiger partial charge is 0.305 e. The van der Waals surface area contributed by atoms with Crippen molar-refractivity contribution in [2.75, 3.05) is 0 Å². The van der Waals surface area contributed by atoms with E-state index in [2.05, 4.69) is 34.7 Å². The van der Waals surface area contributed by atoms with Crippen molar-refractivity contribution in [3.8, 4) is 0 Å². The maximum Gasteiger partial charge on any atom is 0.305 e. The molecule has 0 aliphatic heterocycles. The van der Waals surface area contributed by atoms with Crippen molar-refractivity contribution in [1.82, 2.24) is 0 Å². The molecule has 0 radical (unpaired) electrons. The normalized spacial score (nSPS) is 8.92. The first kappa shape index (κ1) is 12.4. The second-order valence-electron chi connectivity index (χ2n) is 2.79. The van der Waals surface area contributed by atoms with Gasteiger partial charge in [0.05, 0.1) is 5.92 Å². The number of carboxylic acids is 1. The van der Waals surface area contributed by atoms with Crippen LogP contribution in [0.4, 0.5) is 0 Å². The standard InChI is InChI=1S/C6H5I.C4H8O2/c7-6-4-2-1-3-5-6;1-3(2)4(5)6/h1-5H;3H,1-2H3,(H,5,6). The molecule has 0 spiro atoms. The molecule has 1 aromatic rings. The molecule has 3 heteroatoms. The fourth-order valence-electron chi connectivity index (χ4n) is 0.415. The maximum atomic E-state index is 9.70. The molecule has 0 bridgehead atoms. The van der Waals surface area contributed by atoms with Crippen LogP contribution in [0.3, 0.4) is 0 Å². The van der Waals surface area contributed by atoms with Crippen LogP contribution in [-0.4, -0.2) is 11.1 Å². The number of benzene rings is 1. The van der Waals surface area contributed by atoms with Crippen molar-refractivity contribution in [3.05, 3.63) is 33.9 Å². The quantitative estimate of drug-likeness (QED) is 0.808. The summed E-state index contributed by atoms with van der Waals surface area (Å²) in [4.78, 5) is 9.70. The zero-order valence-electron chi connectivity index (χ0n) is 7.70. The van der Waals surface area contributed by atoms with Crippen molar-refractivity contribution in [2.24, 2.45) is 5.92 Å². The van der Waals surface area contributed by atoms with Crippen molar-refractivity contribution < 1.29 is 9.90 Å². The van der Waals surface area contributed by atoms with Gasteiger partial charge in [0.2, 0.25) is 0 Å². The fraction of sp³-hybridized carbons (Fsp3) is 0.300. The van der Waals surface area contributed by atoms with E-state index in [0.29, 0.717) is 0 Å². The van der Waals surface area contributed by atoms with E-state index in [-0.39, 0.29) is 5.92 Å². The van der Waals surface area contributed by atoms with Gasteiger partial charge in [-0.1, -0.05) is 32.0 Å². The minimum absolute atomic E-state index is 0.231. The molecule has 0 fully saturated rings. The summed E-state index contributed by atoms with van der Waals surface area (Å²) in [6, 6.07) is 10.2. The van der Waals surface area contributed by atoms with Crippen LogP contribution < -0.4 is 0 Å². The molecular formula is C10H13IO2. The largest absolute Gasteiger partial charge is 0.481 e. The van der Waals surface area contributed by atoms with Gasteiger partial charge in [-0.2, -0.15) is 0 Å². The average Bonchev–Trinajstić information content (AvgIpc) is 2.06. The molecule has 1 rings (SSSR count). The number of rotatable bonds is 1. The van der Waals surface area contributed by atoms with Crippen LogP contribution in [0.15, 0.2) is 30.3 Å². The van der Waals surface area contributed by atoms with Gasteiger partial charge in [0.1, 0.15) is 0 Å². The number of hydrogen-bond acceptors (Lipinski definition) is 1. The molecule has 0 amide bonds. The molecule has 0 saturated heterocycles. The Balaban J connectivity index is 0.000000226. The summed E-state index contributed by atoms with van der Waals surface area (Å²) in [5, 5.41) is 7.99. The topological polar surface area (TPSA) is 37.3 Å². The molecular weight excluding hydrogens is 279 g/mol. The summed E-state index contributed by atoms with van der Waals surface area (Å²) in [6.45, 7) is 3.28. The van der Waals surface area contributed by atoms with Gasteiger partial charge in [-0.25, -0.2) is 0 Å². The first-order chi connectivity index (χ1) is 6.04. The van der Waals surface area contributed by atoms with E-state index in [9.17, 15) is 4.79 Å². The summed E-state index contributed by atoms with van der Waals surface area (Å²) < 4.78 is 1.29. The van der Waals surface area contributed by atoms with Crippen LogP contribution >= 0.6 is 22.6 Å². The zero-order chi connectivity index (χ0) is 10.3. The second-order valence-corrected chi connectivity index (χ2v) is 4.03. The predicted molar refractivity (Wildman–Crippen MR) is 61.6 cm³/mol. The third-order valence-corrected chi connectivity index (χ3v) is 1.95.